The lowest BCUT2D eigenvalue weighted by atomic mass is 9.74. The molecule has 3 aliphatic heterocycles. The number of carbonyl (C=O) groups excluding carboxylic acids is 2. The molecule has 1 fully saturated rings. The molecule has 0 saturated carbocycles. The molecule has 4 aromatic carbocycles. The maximum atomic E-state index is 14.4. The number of esters is 1. The van der Waals surface area contributed by atoms with Gasteiger partial charge in [0.15, 0.2) is 11.3 Å². The Hall–Kier alpha value is -4.77. The average molecular weight is 497 g/mol. The van der Waals surface area contributed by atoms with Gasteiger partial charge in [-0.25, -0.2) is 9.79 Å². The van der Waals surface area contributed by atoms with Crippen molar-refractivity contribution in [2.45, 2.75) is 23.5 Å². The molecular weight excluding hydrogens is 472 g/mol. The molecule has 1 spiro atoms. The van der Waals surface area contributed by atoms with Crippen molar-refractivity contribution in [2.24, 2.45) is 4.99 Å². The summed E-state index contributed by atoms with van der Waals surface area (Å²) in [6, 6.07) is 35.4. The van der Waals surface area contributed by atoms with Crippen molar-refractivity contribution < 1.29 is 14.3 Å². The van der Waals surface area contributed by atoms with Gasteiger partial charge in [0.25, 0.3) is 0 Å². The zero-order chi connectivity index (χ0) is 25.7. The van der Waals surface area contributed by atoms with E-state index in [2.05, 4.69) is 4.90 Å². The maximum absolute atomic E-state index is 14.4. The largest absolute Gasteiger partial charge is 0.405 e. The summed E-state index contributed by atoms with van der Waals surface area (Å²) in [5.41, 5.74) is 2.76. The Bertz CT molecular complexity index is 1600. The van der Waals surface area contributed by atoms with Gasteiger partial charge >= 0.3 is 5.97 Å². The van der Waals surface area contributed by atoms with Gasteiger partial charge in [-0.1, -0.05) is 109 Å². The number of ketones is 1. The molecule has 3 aliphatic rings. The molecule has 0 radical (unpaired) electrons. The topological polar surface area (TPSA) is 59.0 Å². The van der Waals surface area contributed by atoms with Crippen molar-refractivity contribution in [1.82, 2.24) is 0 Å². The van der Waals surface area contributed by atoms with Crippen LogP contribution >= 0.6 is 0 Å². The summed E-state index contributed by atoms with van der Waals surface area (Å²) < 4.78 is 5.95. The minimum Gasteiger partial charge on any atom is -0.405 e. The van der Waals surface area contributed by atoms with E-state index in [-0.39, 0.29) is 11.7 Å². The van der Waals surface area contributed by atoms with Crippen LogP contribution in [0.2, 0.25) is 0 Å². The van der Waals surface area contributed by atoms with E-state index in [0.717, 1.165) is 22.4 Å². The second-order valence-electron chi connectivity index (χ2n) is 9.83. The number of ether oxygens (including phenoxy) is 1. The van der Waals surface area contributed by atoms with Gasteiger partial charge in [-0.3, -0.25) is 4.79 Å². The second kappa shape index (κ2) is 8.67. The molecule has 0 aliphatic carbocycles. The van der Waals surface area contributed by atoms with Crippen LogP contribution in [0.1, 0.15) is 33.0 Å². The Morgan fingerprint density at radius 2 is 1.42 bits per heavy atom. The third-order valence-electron chi connectivity index (χ3n) is 7.82. The summed E-state index contributed by atoms with van der Waals surface area (Å²) >= 11 is 0. The molecular formula is C33H24N2O3. The van der Waals surface area contributed by atoms with E-state index in [1.807, 2.05) is 127 Å². The molecule has 5 heteroatoms. The first-order valence-corrected chi connectivity index (χ1v) is 12.8. The van der Waals surface area contributed by atoms with Gasteiger partial charge < -0.3 is 9.64 Å². The minimum absolute atomic E-state index is 0.0532. The standard InChI is InChI=1S/C33H24N2O3/c36-30(24-15-6-2-7-16-24)29-28(23-13-4-1-5-14-23)33(27-21-20-22-12-10-11-19-26(22)35(27)29)32(37)38-31(34-33)25-17-8-3-9-18-25/h1-21,27-29H/t27-,28-,29+,33+/m1/s1. The number of para-hydroxylation sites is 1. The molecule has 3 heterocycles. The molecule has 0 N–H and O–H groups in total. The number of hydrogen-bond acceptors (Lipinski definition) is 5. The number of Topliss-reactive ketones (excluding diaryl/α,β-unsaturated/α-hetero) is 1. The third kappa shape index (κ3) is 3.21. The lowest BCUT2D eigenvalue weighted by Crippen LogP contribution is -2.49. The SMILES string of the molecule is O=C(c1ccccc1)[C@@H]1[C@@H](c2ccccc2)[C@@]2(N=C(c3ccccc3)OC2=O)[C@H]2C=Cc3ccccc3N12. The number of fused-ring (bicyclic) bond motifs is 4. The normalized spacial score (nSPS) is 25.1. The van der Waals surface area contributed by atoms with Gasteiger partial charge in [-0.2, -0.15) is 0 Å². The molecule has 7 rings (SSSR count). The van der Waals surface area contributed by atoms with Crippen molar-refractivity contribution in [1.29, 1.82) is 0 Å². The fourth-order valence-electron chi connectivity index (χ4n) is 6.21. The Morgan fingerprint density at radius 1 is 0.789 bits per heavy atom. The lowest BCUT2D eigenvalue weighted by molar-refractivity contribution is -0.139. The molecule has 0 aromatic heterocycles. The number of nitrogens with zero attached hydrogens (tertiary/aromatic N) is 2. The number of anilines is 1. The van der Waals surface area contributed by atoms with Gasteiger partial charge in [0.1, 0.15) is 6.04 Å². The van der Waals surface area contributed by atoms with Crippen molar-refractivity contribution in [3.63, 3.8) is 0 Å². The number of hydrogen-bond donors (Lipinski definition) is 0. The highest BCUT2D eigenvalue weighted by Crippen LogP contribution is 2.55. The van der Waals surface area contributed by atoms with E-state index in [4.69, 9.17) is 9.73 Å². The molecule has 0 bridgehead atoms. The fourth-order valence-corrected chi connectivity index (χ4v) is 6.21. The Labute approximate surface area is 220 Å². The van der Waals surface area contributed by atoms with Crippen molar-refractivity contribution in [3.05, 3.63) is 144 Å². The van der Waals surface area contributed by atoms with Crippen LogP contribution in [-0.2, 0) is 9.53 Å². The van der Waals surface area contributed by atoms with E-state index >= 15 is 0 Å². The minimum atomic E-state index is -1.34. The Kier molecular flexibility index (Phi) is 5.11. The van der Waals surface area contributed by atoms with Gasteiger partial charge in [0, 0.05) is 16.8 Å². The lowest BCUT2D eigenvalue weighted by Gasteiger charge is -2.35. The van der Waals surface area contributed by atoms with Gasteiger partial charge in [-0.15, -0.1) is 0 Å². The first-order valence-electron chi connectivity index (χ1n) is 12.8. The van der Waals surface area contributed by atoms with Crippen LogP contribution in [0.25, 0.3) is 6.08 Å². The number of cyclic esters (lactones) is 1. The highest BCUT2D eigenvalue weighted by atomic mass is 16.6. The summed E-state index contributed by atoms with van der Waals surface area (Å²) in [5, 5.41) is 0. The molecule has 38 heavy (non-hydrogen) atoms. The van der Waals surface area contributed by atoms with Crippen molar-refractivity contribution in [3.8, 4) is 0 Å². The van der Waals surface area contributed by atoms with E-state index in [1.165, 1.54) is 0 Å². The van der Waals surface area contributed by atoms with E-state index in [9.17, 15) is 9.59 Å². The molecule has 1 saturated heterocycles. The number of aliphatic imine (C=N–C) groups is 1. The summed E-state index contributed by atoms with van der Waals surface area (Å²) in [5.74, 6) is -0.780. The van der Waals surface area contributed by atoms with Crippen LogP contribution in [-0.4, -0.2) is 35.3 Å². The van der Waals surface area contributed by atoms with Gasteiger partial charge in [0.05, 0.1) is 12.0 Å². The quantitative estimate of drug-likeness (QED) is 0.269. The maximum Gasteiger partial charge on any atom is 0.344 e. The zero-order valence-corrected chi connectivity index (χ0v) is 20.5. The van der Waals surface area contributed by atoms with Crippen LogP contribution in [0.15, 0.2) is 126 Å². The molecule has 0 amide bonds. The summed E-state index contributed by atoms with van der Waals surface area (Å²) in [6.07, 6.45) is 4.04. The number of carbonyl (C=O) groups is 2. The number of rotatable bonds is 4. The smallest absolute Gasteiger partial charge is 0.344 e. The molecule has 184 valence electrons. The predicted molar refractivity (Wildman–Crippen MR) is 147 cm³/mol. The molecule has 4 aromatic rings. The van der Waals surface area contributed by atoms with Gasteiger partial charge in [-0.05, 0) is 29.3 Å². The summed E-state index contributed by atoms with van der Waals surface area (Å²) in [4.78, 5) is 35.8. The molecule has 0 unspecified atom stereocenters. The van der Waals surface area contributed by atoms with Crippen LogP contribution in [0.4, 0.5) is 5.69 Å². The molecule has 5 nitrogen and oxygen atoms in total. The van der Waals surface area contributed by atoms with Crippen LogP contribution in [0.3, 0.4) is 0 Å². The fraction of sp³-hybridized carbons (Fsp3) is 0.121. The van der Waals surface area contributed by atoms with Crippen LogP contribution in [0, 0.1) is 0 Å². The molecule has 4 atom stereocenters. The van der Waals surface area contributed by atoms with E-state index in [0.29, 0.717) is 5.56 Å². The third-order valence-corrected chi connectivity index (χ3v) is 7.82. The Morgan fingerprint density at radius 3 is 2.16 bits per heavy atom. The van der Waals surface area contributed by atoms with Crippen molar-refractivity contribution in [2.75, 3.05) is 4.90 Å². The van der Waals surface area contributed by atoms with Crippen LogP contribution in [0.5, 0.6) is 0 Å². The summed E-state index contributed by atoms with van der Waals surface area (Å²) in [7, 11) is 0. The second-order valence-corrected chi connectivity index (χ2v) is 9.83. The Balaban J connectivity index is 1.51. The van der Waals surface area contributed by atoms with Gasteiger partial charge in [0.2, 0.25) is 5.90 Å². The van der Waals surface area contributed by atoms with E-state index < -0.39 is 29.5 Å². The summed E-state index contributed by atoms with van der Waals surface area (Å²) in [6.45, 7) is 0. The average Bonchev–Trinajstić information content (AvgIpc) is 3.49. The van der Waals surface area contributed by atoms with Crippen molar-refractivity contribution >= 4 is 29.4 Å². The van der Waals surface area contributed by atoms with Crippen LogP contribution < -0.4 is 4.90 Å². The first-order chi connectivity index (χ1) is 18.7. The predicted octanol–water partition coefficient (Wildman–Crippen LogP) is 5.68. The highest BCUT2D eigenvalue weighted by Gasteiger charge is 2.69. The van der Waals surface area contributed by atoms with E-state index in [1.54, 1.807) is 0 Å². The zero-order valence-electron chi connectivity index (χ0n) is 20.5. The first kappa shape index (κ1) is 22.4. The highest BCUT2D eigenvalue weighted by molar-refractivity contribution is 6.12. The monoisotopic (exact) mass is 496 g/mol. The number of benzene rings is 4.